The number of nitrogens with zero attached hydrogens (tertiary/aromatic N) is 2. The molecule has 2 aromatic rings. The van der Waals surface area contributed by atoms with Crippen LogP contribution in [0.15, 0.2) is 30.6 Å². The molecular formula is C12H11BrClFN2. The van der Waals surface area contributed by atoms with Gasteiger partial charge in [-0.1, -0.05) is 33.6 Å². The topological polar surface area (TPSA) is 17.8 Å². The number of halogens is 3. The van der Waals surface area contributed by atoms with Crippen LogP contribution in [0.2, 0.25) is 5.02 Å². The standard InChI is InChI=1S/C12H11BrClFN2/c13-6-2-3-9-7-16-17(8-9)12-10(14)4-1-5-11(12)15/h1,4-5,7-8H,2-3,6H2. The summed E-state index contributed by atoms with van der Waals surface area (Å²) >= 11 is 9.34. The number of aromatic nitrogens is 2. The number of benzene rings is 1. The molecule has 0 unspecified atom stereocenters. The third kappa shape index (κ3) is 2.87. The zero-order valence-electron chi connectivity index (χ0n) is 9.04. The Kier molecular flexibility index (Phi) is 4.18. The second-order valence-electron chi connectivity index (χ2n) is 3.66. The SMILES string of the molecule is Fc1cccc(Cl)c1-n1cc(CCCBr)cn1. The van der Waals surface area contributed by atoms with Gasteiger partial charge in [0.15, 0.2) is 0 Å². The molecule has 0 saturated carbocycles. The molecule has 1 aromatic heterocycles. The van der Waals surface area contributed by atoms with Gasteiger partial charge in [-0.3, -0.25) is 0 Å². The van der Waals surface area contributed by atoms with Crippen molar-refractivity contribution >= 4 is 27.5 Å². The van der Waals surface area contributed by atoms with Crippen molar-refractivity contribution in [1.29, 1.82) is 0 Å². The summed E-state index contributed by atoms with van der Waals surface area (Å²) in [6.07, 6.45) is 5.49. The highest BCUT2D eigenvalue weighted by Gasteiger charge is 2.10. The van der Waals surface area contributed by atoms with Gasteiger partial charge in [0.05, 0.1) is 11.2 Å². The summed E-state index contributed by atoms with van der Waals surface area (Å²) in [5, 5.41) is 5.44. The van der Waals surface area contributed by atoms with Gasteiger partial charge in [-0.25, -0.2) is 9.07 Å². The molecule has 0 amide bonds. The molecule has 17 heavy (non-hydrogen) atoms. The molecule has 0 aliphatic carbocycles. The van der Waals surface area contributed by atoms with Crippen LogP contribution in [0.1, 0.15) is 12.0 Å². The van der Waals surface area contributed by atoms with Crippen molar-refractivity contribution in [3.63, 3.8) is 0 Å². The van der Waals surface area contributed by atoms with E-state index in [1.807, 2.05) is 6.20 Å². The summed E-state index contributed by atoms with van der Waals surface area (Å²) in [6, 6.07) is 4.61. The van der Waals surface area contributed by atoms with Crippen molar-refractivity contribution in [1.82, 2.24) is 9.78 Å². The van der Waals surface area contributed by atoms with Gasteiger partial charge in [-0.05, 0) is 30.5 Å². The zero-order valence-corrected chi connectivity index (χ0v) is 11.4. The Morgan fingerprint density at radius 3 is 2.94 bits per heavy atom. The Morgan fingerprint density at radius 1 is 1.41 bits per heavy atom. The van der Waals surface area contributed by atoms with Gasteiger partial charge in [0.1, 0.15) is 11.5 Å². The predicted octanol–water partition coefficient (Wildman–Crippen LogP) is 3.99. The Hall–Kier alpha value is -0.870. The van der Waals surface area contributed by atoms with E-state index < -0.39 is 0 Å². The van der Waals surface area contributed by atoms with Crippen LogP contribution < -0.4 is 0 Å². The third-order valence-corrected chi connectivity index (χ3v) is 3.27. The number of rotatable bonds is 4. The lowest BCUT2D eigenvalue weighted by Crippen LogP contribution is -1.98. The second-order valence-corrected chi connectivity index (χ2v) is 4.86. The van der Waals surface area contributed by atoms with E-state index in [1.54, 1.807) is 18.3 Å². The molecular weight excluding hydrogens is 307 g/mol. The highest BCUT2D eigenvalue weighted by molar-refractivity contribution is 9.09. The average molecular weight is 318 g/mol. The molecule has 2 nitrogen and oxygen atoms in total. The lowest BCUT2D eigenvalue weighted by atomic mass is 10.2. The lowest BCUT2D eigenvalue weighted by Gasteiger charge is -2.04. The number of hydrogen-bond donors (Lipinski definition) is 0. The molecule has 1 heterocycles. The molecule has 0 aliphatic heterocycles. The smallest absolute Gasteiger partial charge is 0.150 e. The minimum Gasteiger partial charge on any atom is -0.236 e. The van der Waals surface area contributed by atoms with E-state index in [0.29, 0.717) is 10.7 Å². The maximum atomic E-state index is 13.6. The molecule has 0 atom stereocenters. The van der Waals surface area contributed by atoms with Crippen molar-refractivity contribution < 1.29 is 4.39 Å². The average Bonchev–Trinajstić information content (AvgIpc) is 2.75. The van der Waals surface area contributed by atoms with Crippen molar-refractivity contribution in [2.75, 3.05) is 5.33 Å². The van der Waals surface area contributed by atoms with E-state index in [2.05, 4.69) is 21.0 Å². The maximum absolute atomic E-state index is 13.6. The fourth-order valence-electron chi connectivity index (χ4n) is 1.59. The van der Waals surface area contributed by atoms with E-state index >= 15 is 0 Å². The van der Waals surface area contributed by atoms with Gasteiger partial charge in [0.25, 0.3) is 0 Å². The first-order valence-corrected chi connectivity index (χ1v) is 6.76. The van der Waals surface area contributed by atoms with Crippen molar-refractivity contribution in [2.45, 2.75) is 12.8 Å². The van der Waals surface area contributed by atoms with Crippen molar-refractivity contribution in [3.05, 3.63) is 47.0 Å². The quantitative estimate of drug-likeness (QED) is 0.780. The first-order valence-electron chi connectivity index (χ1n) is 5.26. The van der Waals surface area contributed by atoms with Gasteiger partial charge in [0, 0.05) is 11.5 Å². The highest BCUT2D eigenvalue weighted by Crippen LogP contribution is 2.23. The summed E-state index contributed by atoms with van der Waals surface area (Å²) in [5.41, 5.74) is 1.38. The Balaban J connectivity index is 2.30. The normalized spacial score (nSPS) is 10.8. The van der Waals surface area contributed by atoms with Crippen LogP contribution >= 0.6 is 27.5 Å². The van der Waals surface area contributed by atoms with Crippen LogP contribution in [0, 0.1) is 5.82 Å². The lowest BCUT2D eigenvalue weighted by molar-refractivity contribution is 0.611. The summed E-state index contributed by atoms with van der Waals surface area (Å²) in [5.74, 6) is -0.368. The zero-order chi connectivity index (χ0) is 12.3. The van der Waals surface area contributed by atoms with Gasteiger partial charge < -0.3 is 0 Å². The van der Waals surface area contributed by atoms with Gasteiger partial charge in [0.2, 0.25) is 0 Å². The molecule has 90 valence electrons. The van der Waals surface area contributed by atoms with Crippen LogP contribution in [0.5, 0.6) is 0 Å². The van der Waals surface area contributed by atoms with Gasteiger partial charge in [-0.2, -0.15) is 5.10 Å². The molecule has 0 fully saturated rings. The molecule has 0 aliphatic rings. The number of hydrogen-bond acceptors (Lipinski definition) is 1. The fourth-order valence-corrected chi connectivity index (χ4v) is 2.12. The monoisotopic (exact) mass is 316 g/mol. The molecule has 0 N–H and O–H groups in total. The predicted molar refractivity (Wildman–Crippen MR) is 70.6 cm³/mol. The van der Waals surface area contributed by atoms with Crippen LogP contribution in [-0.2, 0) is 6.42 Å². The van der Waals surface area contributed by atoms with Crippen LogP contribution in [-0.4, -0.2) is 15.1 Å². The molecule has 0 saturated heterocycles. The molecule has 5 heteroatoms. The molecule has 0 bridgehead atoms. The summed E-state index contributed by atoms with van der Waals surface area (Å²) in [4.78, 5) is 0. The number of alkyl halides is 1. The minimum atomic E-state index is -0.368. The van der Waals surface area contributed by atoms with E-state index in [4.69, 9.17) is 11.6 Å². The Labute approximate surface area is 113 Å². The van der Waals surface area contributed by atoms with E-state index in [0.717, 1.165) is 23.7 Å². The van der Waals surface area contributed by atoms with Crippen LogP contribution in [0.4, 0.5) is 4.39 Å². The molecule has 0 radical (unpaired) electrons. The number of aryl methyl sites for hydroxylation is 1. The summed E-state index contributed by atoms with van der Waals surface area (Å²) < 4.78 is 15.1. The van der Waals surface area contributed by atoms with Crippen LogP contribution in [0.3, 0.4) is 0 Å². The number of para-hydroxylation sites is 1. The second kappa shape index (κ2) is 5.65. The highest BCUT2D eigenvalue weighted by atomic mass is 79.9. The fraction of sp³-hybridized carbons (Fsp3) is 0.250. The Morgan fingerprint density at radius 2 is 2.24 bits per heavy atom. The molecule has 1 aromatic carbocycles. The maximum Gasteiger partial charge on any atom is 0.150 e. The van der Waals surface area contributed by atoms with E-state index in [1.165, 1.54) is 10.7 Å². The minimum absolute atomic E-state index is 0.305. The molecule has 0 spiro atoms. The summed E-state index contributed by atoms with van der Waals surface area (Å²) in [6.45, 7) is 0. The van der Waals surface area contributed by atoms with Crippen molar-refractivity contribution in [2.24, 2.45) is 0 Å². The van der Waals surface area contributed by atoms with Gasteiger partial charge in [-0.15, -0.1) is 0 Å². The first kappa shape index (κ1) is 12.6. The van der Waals surface area contributed by atoms with E-state index in [-0.39, 0.29) is 5.82 Å². The van der Waals surface area contributed by atoms with E-state index in [9.17, 15) is 4.39 Å². The Bertz CT molecular complexity index is 493. The van der Waals surface area contributed by atoms with Gasteiger partial charge >= 0.3 is 0 Å². The largest absolute Gasteiger partial charge is 0.236 e. The third-order valence-electron chi connectivity index (χ3n) is 2.40. The van der Waals surface area contributed by atoms with Crippen molar-refractivity contribution in [3.8, 4) is 5.69 Å². The summed E-state index contributed by atoms with van der Waals surface area (Å²) in [7, 11) is 0. The van der Waals surface area contributed by atoms with Crippen LogP contribution in [0.25, 0.3) is 5.69 Å². The molecule has 2 rings (SSSR count). The first-order chi connectivity index (χ1) is 8.22.